The molecule has 1 atom stereocenters. The third kappa shape index (κ3) is 4.93. The smallest absolute Gasteiger partial charge is 0.261 e. The van der Waals surface area contributed by atoms with Crippen LogP contribution in [0.5, 0.6) is 5.75 Å². The average molecular weight is 554 g/mol. The minimum absolute atomic E-state index is 0.0819. The zero-order chi connectivity index (χ0) is 23.5. The number of rotatable bonds is 7. The van der Waals surface area contributed by atoms with Crippen LogP contribution < -0.4 is 10.1 Å². The second kappa shape index (κ2) is 9.74. The molecule has 0 fully saturated rings. The van der Waals surface area contributed by atoms with Crippen LogP contribution in [0.25, 0.3) is 0 Å². The summed E-state index contributed by atoms with van der Waals surface area (Å²) >= 11 is 2.12. The van der Waals surface area contributed by atoms with Gasteiger partial charge < -0.3 is 10.1 Å². The van der Waals surface area contributed by atoms with Crippen LogP contribution >= 0.6 is 22.6 Å². The predicted molar refractivity (Wildman–Crippen MR) is 133 cm³/mol. The van der Waals surface area contributed by atoms with Crippen molar-refractivity contribution >= 4 is 40.3 Å². The van der Waals surface area contributed by atoms with Crippen molar-refractivity contribution in [2.24, 2.45) is 0 Å². The third-order valence-corrected chi connectivity index (χ3v) is 6.51. The summed E-state index contributed by atoms with van der Waals surface area (Å²) in [5.41, 5.74) is 3.17. The molecule has 1 unspecified atom stereocenters. The largest absolute Gasteiger partial charge is 0.497 e. The van der Waals surface area contributed by atoms with Gasteiger partial charge in [-0.15, -0.1) is 0 Å². The van der Waals surface area contributed by atoms with E-state index in [-0.39, 0.29) is 30.3 Å². The second-order valence-corrected chi connectivity index (χ2v) is 9.15. The number of methoxy groups -OCH3 is 1. The molecule has 1 N–H and O–H groups in total. The van der Waals surface area contributed by atoms with Gasteiger partial charge in [-0.2, -0.15) is 0 Å². The first-order valence-corrected chi connectivity index (χ1v) is 11.6. The van der Waals surface area contributed by atoms with Gasteiger partial charge in [-0.1, -0.05) is 30.3 Å². The van der Waals surface area contributed by atoms with E-state index >= 15 is 0 Å². The van der Waals surface area contributed by atoms with Gasteiger partial charge in [0.15, 0.2) is 0 Å². The number of benzene rings is 3. The summed E-state index contributed by atoms with van der Waals surface area (Å²) in [5, 5.41) is 3.04. The summed E-state index contributed by atoms with van der Waals surface area (Å²) in [6.07, 6.45) is 0.682. The molecule has 1 heterocycles. The van der Waals surface area contributed by atoms with Crippen molar-refractivity contribution in [1.82, 2.24) is 10.2 Å². The Morgan fingerprint density at radius 2 is 1.58 bits per heavy atom. The van der Waals surface area contributed by atoms with Crippen molar-refractivity contribution in [1.29, 1.82) is 0 Å². The van der Waals surface area contributed by atoms with Crippen LogP contribution in [0.1, 0.15) is 49.1 Å². The highest BCUT2D eigenvalue weighted by Gasteiger charge is 2.35. The Kier molecular flexibility index (Phi) is 6.78. The first-order valence-electron chi connectivity index (χ1n) is 10.5. The van der Waals surface area contributed by atoms with E-state index in [1.54, 1.807) is 37.4 Å². The summed E-state index contributed by atoms with van der Waals surface area (Å²) in [6.45, 7) is 2.07. The van der Waals surface area contributed by atoms with Crippen molar-refractivity contribution in [2.75, 3.05) is 7.11 Å². The molecule has 0 saturated heterocycles. The molecular weight excluding hydrogens is 531 g/mol. The van der Waals surface area contributed by atoms with Gasteiger partial charge in [0.1, 0.15) is 5.75 Å². The molecule has 1 aliphatic rings. The fourth-order valence-electron chi connectivity index (χ4n) is 3.88. The zero-order valence-electron chi connectivity index (χ0n) is 18.3. The molecule has 6 nitrogen and oxygen atoms in total. The summed E-state index contributed by atoms with van der Waals surface area (Å²) in [5.74, 6) is -0.0222. The Morgan fingerprint density at radius 3 is 2.18 bits per heavy atom. The summed E-state index contributed by atoms with van der Waals surface area (Å²) < 4.78 is 5.98. The molecule has 0 aliphatic carbocycles. The van der Waals surface area contributed by atoms with Gasteiger partial charge in [0.2, 0.25) is 0 Å². The number of nitrogens with zero attached hydrogens (tertiary/aromatic N) is 1. The number of amides is 3. The maximum atomic E-state index is 13.0. The van der Waals surface area contributed by atoms with Crippen LogP contribution in [0.4, 0.5) is 0 Å². The molecule has 4 rings (SSSR count). The minimum atomic E-state index is -0.312. The molecule has 1 aliphatic heterocycles. The SMILES string of the molecule is COc1ccc(CC(C)NC(=O)c2cc(CN3C(=O)c4ccccc4C3=O)ccc2I)cc1. The fraction of sp³-hybridized carbons (Fsp3) is 0.192. The predicted octanol–water partition coefficient (Wildman–Crippen LogP) is 4.46. The lowest BCUT2D eigenvalue weighted by molar-refractivity contribution is 0.0642. The van der Waals surface area contributed by atoms with E-state index < -0.39 is 0 Å². The Labute approximate surface area is 206 Å². The molecule has 3 aromatic carbocycles. The summed E-state index contributed by atoms with van der Waals surface area (Å²) in [7, 11) is 1.63. The Morgan fingerprint density at radius 1 is 0.970 bits per heavy atom. The van der Waals surface area contributed by atoms with E-state index in [0.29, 0.717) is 23.1 Å². The van der Waals surface area contributed by atoms with E-state index in [4.69, 9.17) is 4.74 Å². The number of hydrogen-bond acceptors (Lipinski definition) is 4. The van der Waals surface area contributed by atoms with E-state index in [9.17, 15) is 14.4 Å². The highest BCUT2D eigenvalue weighted by Crippen LogP contribution is 2.25. The standard InChI is InChI=1S/C26H23IN2O4/c1-16(13-17-7-10-19(33-2)11-8-17)28-24(30)22-14-18(9-12-23(22)27)15-29-25(31)20-5-3-4-6-21(20)26(29)32/h3-12,14,16H,13,15H2,1-2H3,(H,28,30). The molecule has 3 amide bonds. The van der Waals surface area contributed by atoms with Gasteiger partial charge in [-0.25, -0.2) is 0 Å². The molecule has 0 aromatic heterocycles. The van der Waals surface area contributed by atoms with E-state index in [1.165, 1.54) is 4.90 Å². The number of hydrogen-bond donors (Lipinski definition) is 1. The Balaban J connectivity index is 1.45. The molecule has 168 valence electrons. The first-order chi connectivity index (χ1) is 15.9. The normalized spacial score (nSPS) is 13.6. The van der Waals surface area contributed by atoms with Gasteiger partial charge in [0, 0.05) is 9.61 Å². The maximum Gasteiger partial charge on any atom is 0.261 e. The molecule has 7 heteroatoms. The van der Waals surface area contributed by atoms with Gasteiger partial charge in [0.05, 0.1) is 30.3 Å². The molecular formula is C26H23IN2O4. The Bertz CT molecular complexity index is 1190. The Hall–Kier alpha value is -3.20. The van der Waals surface area contributed by atoms with Crippen molar-refractivity contribution in [3.63, 3.8) is 0 Å². The number of imide groups is 1. The van der Waals surface area contributed by atoms with E-state index in [0.717, 1.165) is 20.4 Å². The van der Waals surface area contributed by atoms with Crippen LogP contribution in [0.15, 0.2) is 66.7 Å². The minimum Gasteiger partial charge on any atom is -0.497 e. The van der Waals surface area contributed by atoms with Crippen LogP contribution in [0, 0.1) is 3.57 Å². The van der Waals surface area contributed by atoms with Crippen molar-refractivity contribution in [3.05, 3.63) is 98.1 Å². The number of halogens is 1. The number of nitrogens with one attached hydrogen (secondary N) is 1. The van der Waals surface area contributed by atoms with E-state index in [2.05, 4.69) is 27.9 Å². The van der Waals surface area contributed by atoms with Crippen LogP contribution in [0.3, 0.4) is 0 Å². The monoisotopic (exact) mass is 554 g/mol. The fourth-order valence-corrected chi connectivity index (χ4v) is 4.46. The number of ether oxygens (including phenoxy) is 1. The third-order valence-electron chi connectivity index (χ3n) is 5.57. The van der Waals surface area contributed by atoms with Crippen molar-refractivity contribution in [3.8, 4) is 5.75 Å². The first kappa shape index (κ1) is 23.0. The highest BCUT2D eigenvalue weighted by atomic mass is 127. The highest BCUT2D eigenvalue weighted by molar-refractivity contribution is 14.1. The van der Waals surface area contributed by atoms with Gasteiger partial charge in [-0.3, -0.25) is 19.3 Å². The summed E-state index contributed by atoms with van der Waals surface area (Å²) in [6, 6.07) is 19.9. The quantitative estimate of drug-likeness (QED) is 0.346. The summed E-state index contributed by atoms with van der Waals surface area (Å²) in [4.78, 5) is 39.5. The lowest BCUT2D eigenvalue weighted by atomic mass is 10.1. The molecule has 3 aromatic rings. The number of carbonyl (C=O) groups is 3. The average Bonchev–Trinajstić information content (AvgIpc) is 3.05. The van der Waals surface area contributed by atoms with Crippen LogP contribution in [-0.4, -0.2) is 35.8 Å². The van der Waals surface area contributed by atoms with Crippen molar-refractivity contribution in [2.45, 2.75) is 25.9 Å². The zero-order valence-corrected chi connectivity index (χ0v) is 20.5. The van der Waals surface area contributed by atoms with Crippen LogP contribution in [-0.2, 0) is 13.0 Å². The lowest BCUT2D eigenvalue weighted by Gasteiger charge is -2.17. The maximum absolute atomic E-state index is 13.0. The van der Waals surface area contributed by atoms with Gasteiger partial charge in [-0.05, 0) is 83.5 Å². The second-order valence-electron chi connectivity index (χ2n) is 7.98. The number of carbonyl (C=O) groups excluding carboxylic acids is 3. The van der Waals surface area contributed by atoms with E-state index in [1.807, 2.05) is 43.3 Å². The molecule has 0 bridgehead atoms. The molecule has 0 saturated carbocycles. The number of fused-ring (bicyclic) bond motifs is 1. The molecule has 33 heavy (non-hydrogen) atoms. The topological polar surface area (TPSA) is 75.7 Å². The van der Waals surface area contributed by atoms with Gasteiger partial charge in [0.25, 0.3) is 17.7 Å². The van der Waals surface area contributed by atoms with Crippen LogP contribution in [0.2, 0.25) is 0 Å². The van der Waals surface area contributed by atoms with Crippen molar-refractivity contribution < 1.29 is 19.1 Å². The lowest BCUT2D eigenvalue weighted by Crippen LogP contribution is -2.34. The molecule has 0 spiro atoms. The van der Waals surface area contributed by atoms with Gasteiger partial charge >= 0.3 is 0 Å². The molecule has 0 radical (unpaired) electrons.